The summed E-state index contributed by atoms with van der Waals surface area (Å²) in [5, 5.41) is 13.1. The number of carbonyl (C=O) groups excluding carboxylic acids is 2. The highest BCUT2D eigenvalue weighted by molar-refractivity contribution is 6.46. The molecular weight excluding hydrogens is 296 g/mol. The standard InChI is InChI=1S/C17H14N2O4/c1-23-12-6-4-10(5-7-12)15(20)13-14(19-17(22)16(13)21)11-3-2-8-18-9-11/h2-9,14,20H,1H3,(H,19,22). The van der Waals surface area contributed by atoms with Crippen molar-refractivity contribution in [3.63, 3.8) is 0 Å². The minimum atomic E-state index is -0.743. The monoisotopic (exact) mass is 310 g/mol. The second kappa shape index (κ2) is 5.92. The van der Waals surface area contributed by atoms with E-state index in [4.69, 9.17) is 4.74 Å². The first-order valence-corrected chi connectivity index (χ1v) is 6.94. The summed E-state index contributed by atoms with van der Waals surface area (Å²) in [6, 6.07) is 9.30. The van der Waals surface area contributed by atoms with Crippen molar-refractivity contribution < 1.29 is 19.4 Å². The van der Waals surface area contributed by atoms with E-state index in [1.807, 2.05) is 0 Å². The van der Waals surface area contributed by atoms with Gasteiger partial charge >= 0.3 is 0 Å². The van der Waals surface area contributed by atoms with Gasteiger partial charge < -0.3 is 15.2 Å². The van der Waals surface area contributed by atoms with Gasteiger partial charge in [0.05, 0.1) is 18.7 Å². The molecular formula is C17H14N2O4. The molecule has 1 saturated heterocycles. The molecule has 2 aromatic rings. The fourth-order valence-corrected chi connectivity index (χ4v) is 2.47. The van der Waals surface area contributed by atoms with Crippen LogP contribution in [0.1, 0.15) is 17.2 Å². The summed E-state index contributed by atoms with van der Waals surface area (Å²) in [4.78, 5) is 27.9. The average molecular weight is 310 g/mol. The van der Waals surface area contributed by atoms with Crippen LogP contribution in [0.5, 0.6) is 5.75 Å². The quantitative estimate of drug-likeness (QED) is 0.513. The highest BCUT2D eigenvalue weighted by Gasteiger charge is 2.39. The molecule has 116 valence electrons. The Hall–Kier alpha value is -3.15. The zero-order valence-corrected chi connectivity index (χ0v) is 12.3. The molecule has 0 bridgehead atoms. The Morgan fingerprint density at radius 3 is 2.57 bits per heavy atom. The van der Waals surface area contributed by atoms with Crippen LogP contribution in [0.15, 0.2) is 54.4 Å². The molecule has 1 aromatic heterocycles. The van der Waals surface area contributed by atoms with Gasteiger partial charge in [0.15, 0.2) is 0 Å². The summed E-state index contributed by atoms with van der Waals surface area (Å²) in [6.45, 7) is 0. The molecule has 1 fully saturated rings. The van der Waals surface area contributed by atoms with Gasteiger partial charge in [-0.3, -0.25) is 14.6 Å². The number of amides is 1. The third-order valence-electron chi connectivity index (χ3n) is 3.65. The minimum Gasteiger partial charge on any atom is -0.507 e. The molecule has 2 N–H and O–H groups in total. The average Bonchev–Trinajstić information content (AvgIpc) is 2.90. The van der Waals surface area contributed by atoms with E-state index in [9.17, 15) is 14.7 Å². The number of Topliss-reactive ketones (excluding diaryl/α,β-unsaturated/α-hetero) is 1. The number of nitrogens with one attached hydrogen (secondary N) is 1. The number of aliphatic hydroxyl groups is 1. The van der Waals surface area contributed by atoms with E-state index in [1.165, 1.54) is 7.11 Å². The molecule has 1 aromatic carbocycles. The fraction of sp³-hybridized carbons (Fsp3) is 0.118. The van der Waals surface area contributed by atoms with Crippen molar-refractivity contribution in [2.45, 2.75) is 6.04 Å². The van der Waals surface area contributed by atoms with Crippen LogP contribution < -0.4 is 10.1 Å². The maximum absolute atomic E-state index is 12.2. The van der Waals surface area contributed by atoms with Gasteiger partial charge in [-0.2, -0.15) is 0 Å². The molecule has 1 aliphatic heterocycles. The van der Waals surface area contributed by atoms with Gasteiger partial charge in [0.2, 0.25) is 0 Å². The maximum Gasteiger partial charge on any atom is 0.293 e. The SMILES string of the molecule is COc1ccc(C(O)=C2C(=O)C(=O)NC2c2cccnc2)cc1. The van der Waals surface area contributed by atoms with Gasteiger partial charge in [0.25, 0.3) is 11.7 Å². The van der Waals surface area contributed by atoms with Gasteiger partial charge in [0, 0.05) is 18.0 Å². The smallest absolute Gasteiger partial charge is 0.293 e. The Bertz CT molecular complexity index is 782. The van der Waals surface area contributed by atoms with Crippen molar-refractivity contribution >= 4 is 17.4 Å². The predicted molar refractivity (Wildman–Crippen MR) is 82.7 cm³/mol. The number of hydrogen-bond acceptors (Lipinski definition) is 5. The van der Waals surface area contributed by atoms with Crippen LogP contribution in [0, 0.1) is 0 Å². The molecule has 2 heterocycles. The highest BCUT2D eigenvalue weighted by Crippen LogP contribution is 2.32. The molecule has 1 aliphatic rings. The van der Waals surface area contributed by atoms with E-state index >= 15 is 0 Å². The van der Waals surface area contributed by atoms with Crippen LogP contribution in [-0.4, -0.2) is 28.9 Å². The number of benzene rings is 1. The lowest BCUT2D eigenvalue weighted by atomic mass is 9.97. The van der Waals surface area contributed by atoms with Crippen molar-refractivity contribution in [2.75, 3.05) is 7.11 Å². The Labute approximate surface area is 132 Å². The number of rotatable bonds is 3. The van der Waals surface area contributed by atoms with Crippen molar-refractivity contribution in [2.24, 2.45) is 0 Å². The Morgan fingerprint density at radius 1 is 1.22 bits per heavy atom. The first kappa shape index (κ1) is 14.8. The summed E-state index contributed by atoms with van der Waals surface area (Å²) in [5.41, 5.74) is 1.08. The summed E-state index contributed by atoms with van der Waals surface area (Å²) < 4.78 is 5.06. The van der Waals surface area contributed by atoms with Crippen LogP contribution in [0.3, 0.4) is 0 Å². The van der Waals surface area contributed by atoms with Crippen LogP contribution in [0.4, 0.5) is 0 Å². The van der Waals surface area contributed by atoms with E-state index in [2.05, 4.69) is 10.3 Å². The number of pyridine rings is 1. The van der Waals surface area contributed by atoms with Crippen LogP contribution >= 0.6 is 0 Å². The third-order valence-corrected chi connectivity index (χ3v) is 3.65. The predicted octanol–water partition coefficient (Wildman–Crippen LogP) is 1.80. The van der Waals surface area contributed by atoms with Crippen molar-refractivity contribution in [1.29, 1.82) is 0 Å². The first-order valence-electron chi connectivity index (χ1n) is 6.94. The van der Waals surface area contributed by atoms with Gasteiger partial charge in [-0.15, -0.1) is 0 Å². The molecule has 1 amide bonds. The van der Waals surface area contributed by atoms with Crippen LogP contribution in [0.2, 0.25) is 0 Å². The third kappa shape index (κ3) is 2.66. The molecule has 0 radical (unpaired) electrons. The molecule has 0 saturated carbocycles. The molecule has 6 heteroatoms. The fourth-order valence-electron chi connectivity index (χ4n) is 2.47. The van der Waals surface area contributed by atoms with E-state index in [0.29, 0.717) is 16.9 Å². The molecule has 6 nitrogen and oxygen atoms in total. The van der Waals surface area contributed by atoms with Crippen LogP contribution in [0.25, 0.3) is 5.76 Å². The lowest BCUT2D eigenvalue weighted by Gasteiger charge is -2.13. The number of aromatic nitrogens is 1. The second-order valence-corrected chi connectivity index (χ2v) is 5.01. The Morgan fingerprint density at radius 2 is 1.96 bits per heavy atom. The molecule has 0 spiro atoms. The van der Waals surface area contributed by atoms with Gasteiger partial charge in [-0.05, 0) is 35.9 Å². The Kier molecular flexibility index (Phi) is 3.80. The van der Waals surface area contributed by atoms with Crippen molar-refractivity contribution in [3.05, 3.63) is 65.5 Å². The molecule has 23 heavy (non-hydrogen) atoms. The number of ketones is 1. The molecule has 1 atom stereocenters. The van der Waals surface area contributed by atoms with E-state index in [1.54, 1.807) is 48.8 Å². The maximum atomic E-state index is 12.2. The first-order chi connectivity index (χ1) is 11.1. The largest absolute Gasteiger partial charge is 0.507 e. The lowest BCUT2D eigenvalue weighted by molar-refractivity contribution is -0.133. The van der Waals surface area contributed by atoms with Crippen molar-refractivity contribution in [3.8, 4) is 5.75 Å². The molecule has 0 aliphatic carbocycles. The van der Waals surface area contributed by atoms with E-state index < -0.39 is 17.7 Å². The lowest BCUT2D eigenvalue weighted by Crippen LogP contribution is -2.21. The highest BCUT2D eigenvalue weighted by atomic mass is 16.5. The zero-order valence-electron chi connectivity index (χ0n) is 12.3. The zero-order chi connectivity index (χ0) is 16.4. The topological polar surface area (TPSA) is 88.5 Å². The summed E-state index contributed by atoms with van der Waals surface area (Å²) in [6.07, 6.45) is 3.14. The van der Waals surface area contributed by atoms with Crippen LogP contribution in [-0.2, 0) is 9.59 Å². The molecule has 1 unspecified atom stereocenters. The minimum absolute atomic E-state index is 0.0215. The normalized spacial score (nSPS) is 19.4. The number of ether oxygens (including phenoxy) is 1. The summed E-state index contributed by atoms with van der Waals surface area (Å²) in [5.74, 6) is -1.09. The van der Waals surface area contributed by atoms with Gasteiger partial charge in [0.1, 0.15) is 11.5 Å². The van der Waals surface area contributed by atoms with Crippen molar-refractivity contribution in [1.82, 2.24) is 10.3 Å². The van der Waals surface area contributed by atoms with E-state index in [0.717, 1.165) is 0 Å². The number of methoxy groups -OCH3 is 1. The number of aliphatic hydroxyl groups excluding tert-OH is 1. The van der Waals surface area contributed by atoms with Gasteiger partial charge in [-0.1, -0.05) is 6.07 Å². The van der Waals surface area contributed by atoms with E-state index in [-0.39, 0.29) is 11.3 Å². The summed E-state index contributed by atoms with van der Waals surface area (Å²) >= 11 is 0. The molecule has 3 rings (SSSR count). The number of carbonyl (C=O) groups is 2. The number of hydrogen-bond donors (Lipinski definition) is 2. The number of nitrogens with zero attached hydrogens (tertiary/aromatic N) is 1. The Balaban J connectivity index is 2.08. The second-order valence-electron chi connectivity index (χ2n) is 5.01. The summed E-state index contributed by atoms with van der Waals surface area (Å²) in [7, 11) is 1.54. The van der Waals surface area contributed by atoms with Gasteiger partial charge in [-0.25, -0.2) is 0 Å².